The minimum Gasteiger partial charge on any atom is -0.367 e. The number of rotatable bonds is 6. The molecule has 1 fully saturated rings. The molecule has 106 valence electrons. The zero-order valence-corrected chi connectivity index (χ0v) is 10.3. The smallest absolute Gasteiger partial charge is 0.330 e. The molecule has 0 radical (unpaired) electrons. The molecule has 1 saturated carbocycles. The molecule has 2 nitrogen and oxygen atoms in total. The van der Waals surface area contributed by atoms with Crippen LogP contribution in [0.5, 0.6) is 0 Å². The van der Waals surface area contributed by atoms with Crippen LogP contribution in [0.4, 0.5) is 17.6 Å². The van der Waals surface area contributed by atoms with E-state index in [9.17, 15) is 22.4 Å². The molecular formula is C12H18F4O2. The average Bonchev–Trinajstić information content (AvgIpc) is 2.29. The van der Waals surface area contributed by atoms with Crippen LogP contribution < -0.4 is 0 Å². The topological polar surface area (TPSA) is 26.3 Å². The monoisotopic (exact) mass is 270 g/mol. The minimum absolute atomic E-state index is 0.165. The standard InChI is InChI=1S/C12H18F4O2/c1-8-2-4-9(5-3-8)10(17)6-18-7-12(15,16)11(13)14/h8-9,11H,2-7H2,1H3. The molecule has 0 aliphatic heterocycles. The van der Waals surface area contributed by atoms with Gasteiger partial charge in [0.15, 0.2) is 5.78 Å². The second kappa shape index (κ2) is 6.50. The molecule has 0 unspecified atom stereocenters. The lowest BCUT2D eigenvalue weighted by molar-refractivity contribution is -0.169. The van der Waals surface area contributed by atoms with E-state index in [4.69, 9.17) is 0 Å². The van der Waals surface area contributed by atoms with E-state index >= 15 is 0 Å². The number of carbonyl (C=O) groups is 1. The van der Waals surface area contributed by atoms with Crippen LogP contribution in [0.3, 0.4) is 0 Å². The molecule has 0 N–H and O–H groups in total. The minimum atomic E-state index is -4.18. The van der Waals surface area contributed by atoms with Crippen LogP contribution in [0.1, 0.15) is 32.6 Å². The van der Waals surface area contributed by atoms with E-state index in [-0.39, 0.29) is 11.7 Å². The van der Waals surface area contributed by atoms with Gasteiger partial charge in [0.1, 0.15) is 13.2 Å². The van der Waals surface area contributed by atoms with Crippen molar-refractivity contribution in [3.05, 3.63) is 0 Å². The quantitative estimate of drug-likeness (QED) is 0.692. The first-order chi connectivity index (χ1) is 8.33. The highest BCUT2D eigenvalue weighted by atomic mass is 19.3. The van der Waals surface area contributed by atoms with E-state index in [1.165, 1.54) is 0 Å². The number of halogens is 4. The summed E-state index contributed by atoms with van der Waals surface area (Å²) in [7, 11) is 0. The van der Waals surface area contributed by atoms with Gasteiger partial charge in [0.05, 0.1) is 0 Å². The van der Waals surface area contributed by atoms with Gasteiger partial charge in [-0.1, -0.05) is 19.8 Å². The number of Topliss-reactive ketones (excluding diaryl/α,β-unsaturated/α-hetero) is 1. The van der Waals surface area contributed by atoms with Gasteiger partial charge >= 0.3 is 12.3 Å². The number of ether oxygens (including phenoxy) is 1. The molecule has 6 heteroatoms. The molecular weight excluding hydrogens is 252 g/mol. The lowest BCUT2D eigenvalue weighted by Crippen LogP contribution is -2.34. The zero-order chi connectivity index (χ0) is 13.8. The van der Waals surface area contributed by atoms with Crippen molar-refractivity contribution < 1.29 is 27.1 Å². The molecule has 0 bridgehead atoms. The number of hydrogen-bond donors (Lipinski definition) is 0. The Morgan fingerprint density at radius 1 is 1.28 bits per heavy atom. The maximum absolute atomic E-state index is 12.5. The summed E-state index contributed by atoms with van der Waals surface area (Å²) in [6.07, 6.45) is -0.431. The first-order valence-corrected chi connectivity index (χ1v) is 6.09. The van der Waals surface area contributed by atoms with Gasteiger partial charge < -0.3 is 4.74 Å². The van der Waals surface area contributed by atoms with Gasteiger partial charge in [0.2, 0.25) is 0 Å². The Kier molecular flexibility index (Phi) is 5.56. The van der Waals surface area contributed by atoms with Crippen LogP contribution >= 0.6 is 0 Å². The van der Waals surface area contributed by atoms with E-state index in [0.29, 0.717) is 5.92 Å². The second-order valence-electron chi connectivity index (χ2n) is 4.98. The van der Waals surface area contributed by atoms with Gasteiger partial charge in [0.25, 0.3) is 0 Å². The van der Waals surface area contributed by atoms with Crippen molar-refractivity contribution in [2.75, 3.05) is 13.2 Å². The normalized spacial score (nSPS) is 25.4. The van der Waals surface area contributed by atoms with Gasteiger partial charge in [-0.05, 0) is 18.8 Å². The molecule has 0 amide bonds. The van der Waals surface area contributed by atoms with Gasteiger partial charge in [0, 0.05) is 5.92 Å². The maximum atomic E-state index is 12.5. The summed E-state index contributed by atoms with van der Waals surface area (Å²) in [5, 5.41) is 0. The Hall–Kier alpha value is -0.650. The molecule has 0 saturated heterocycles. The van der Waals surface area contributed by atoms with E-state index in [1.807, 2.05) is 0 Å². The zero-order valence-electron chi connectivity index (χ0n) is 10.3. The summed E-state index contributed by atoms with van der Waals surface area (Å²) in [6, 6.07) is 0. The van der Waals surface area contributed by atoms with Crippen molar-refractivity contribution in [1.82, 2.24) is 0 Å². The highest BCUT2D eigenvalue weighted by molar-refractivity contribution is 5.82. The predicted octanol–water partition coefficient (Wildman–Crippen LogP) is 3.30. The number of ketones is 1. The van der Waals surface area contributed by atoms with E-state index in [2.05, 4.69) is 11.7 Å². The summed E-state index contributed by atoms with van der Waals surface area (Å²) in [6.45, 7) is 0.196. The predicted molar refractivity (Wildman–Crippen MR) is 57.9 cm³/mol. The summed E-state index contributed by atoms with van der Waals surface area (Å²) < 4.78 is 53.1. The Labute approximate surface area is 104 Å². The molecule has 0 aromatic rings. The van der Waals surface area contributed by atoms with Crippen molar-refractivity contribution in [3.63, 3.8) is 0 Å². The van der Waals surface area contributed by atoms with Crippen LogP contribution in [-0.4, -0.2) is 31.3 Å². The molecule has 0 aromatic carbocycles. The Morgan fingerprint density at radius 2 is 1.83 bits per heavy atom. The fourth-order valence-electron chi connectivity index (χ4n) is 2.05. The fourth-order valence-corrected chi connectivity index (χ4v) is 2.05. The van der Waals surface area contributed by atoms with Crippen LogP contribution in [0.25, 0.3) is 0 Å². The van der Waals surface area contributed by atoms with Crippen molar-refractivity contribution in [2.45, 2.75) is 45.0 Å². The lowest BCUT2D eigenvalue weighted by Gasteiger charge is -2.25. The van der Waals surface area contributed by atoms with Crippen molar-refractivity contribution in [1.29, 1.82) is 0 Å². The van der Waals surface area contributed by atoms with Crippen molar-refractivity contribution >= 4 is 5.78 Å². The third-order valence-electron chi connectivity index (χ3n) is 3.33. The highest BCUT2D eigenvalue weighted by Gasteiger charge is 2.41. The van der Waals surface area contributed by atoms with Gasteiger partial charge in [-0.15, -0.1) is 0 Å². The summed E-state index contributed by atoms with van der Waals surface area (Å²) in [5.41, 5.74) is 0. The Bertz CT molecular complexity index is 273. The number of hydrogen-bond acceptors (Lipinski definition) is 2. The first-order valence-electron chi connectivity index (χ1n) is 6.09. The summed E-state index contributed by atoms with van der Waals surface area (Å²) >= 11 is 0. The van der Waals surface area contributed by atoms with Gasteiger partial charge in [-0.25, -0.2) is 8.78 Å². The van der Waals surface area contributed by atoms with Gasteiger partial charge in [-0.3, -0.25) is 4.79 Å². The Balaban J connectivity index is 2.25. The van der Waals surface area contributed by atoms with E-state index < -0.39 is 25.6 Å². The van der Waals surface area contributed by atoms with Crippen molar-refractivity contribution in [2.24, 2.45) is 11.8 Å². The SMILES string of the molecule is CC1CCC(C(=O)COCC(F)(F)C(F)F)CC1. The third kappa shape index (κ3) is 4.55. The highest BCUT2D eigenvalue weighted by Crippen LogP contribution is 2.29. The molecule has 0 atom stereocenters. The third-order valence-corrected chi connectivity index (χ3v) is 3.33. The molecule has 1 rings (SSSR count). The second-order valence-corrected chi connectivity index (χ2v) is 4.98. The number of carbonyl (C=O) groups excluding carboxylic acids is 1. The van der Waals surface area contributed by atoms with E-state index in [1.54, 1.807) is 0 Å². The molecule has 0 spiro atoms. The van der Waals surface area contributed by atoms with Crippen LogP contribution in [0, 0.1) is 11.8 Å². The molecule has 0 heterocycles. The fraction of sp³-hybridized carbons (Fsp3) is 0.917. The average molecular weight is 270 g/mol. The van der Waals surface area contributed by atoms with E-state index in [0.717, 1.165) is 25.7 Å². The first kappa shape index (κ1) is 15.4. The molecule has 1 aliphatic rings. The van der Waals surface area contributed by atoms with Crippen LogP contribution in [-0.2, 0) is 9.53 Å². The van der Waals surface area contributed by atoms with Crippen molar-refractivity contribution in [3.8, 4) is 0 Å². The Morgan fingerprint density at radius 3 is 2.33 bits per heavy atom. The maximum Gasteiger partial charge on any atom is 0.330 e. The number of alkyl halides is 4. The molecule has 0 aromatic heterocycles. The van der Waals surface area contributed by atoms with Crippen LogP contribution in [0.2, 0.25) is 0 Å². The summed E-state index contributed by atoms with van der Waals surface area (Å²) in [5.74, 6) is -4.02. The summed E-state index contributed by atoms with van der Waals surface area (Å²) in [4.78, 5) is 11.6. The lowest BCUT2D eigenvalue weighted by atomic mass is 9.81. The molecule has 1 aliphatic carbocycles. The molecule has 18 heavy (non-hydrogen) atoms. The van der Waals surface area contributed by atoms with Gasteiger partial charge in [-0.2, -0.15) is 8.78 Å². The van der Waals surface area contributed by atoms with Crippen LogP contribution in [0.15, 0.2) is 0 Å². The largest absolute Gasteiger partial charge is 0.367 e.